The first kappa shape index (κ1) is 12.1. The summed E-state index contributed by atoms with van der Waals surface area (Å²) in [7, 11) is 0. The van der Waals surface area contributed by atoms with E-state index in [1.165, 1.54) is 24.1 Å². The van der Waals surface area contributed by atoms with Crippen LogP contribution in [0.5, 0.6) is 0 Å². The van der Waals surface area contributed by atoms with E-state index in [1.807, 2.05) is 6.26 Å². The van der Waals surface area contributed by atoms with Crippen LogP contribution in [0.4, 0.5) is 13.2 Å². The Kier molecular flexibility index (Phi) is 3.19. The zero-order valence-corrected chi connectivity index (χ0v) is 9.73. The van der Waals surface area contributed by atoms with Crippen molar-refractivity contribution in [3.05, 3.63) is 42.2 Å². The Bertz CT molecular complexity index is 503. The second-order valence-electron chi connectivity index (χ2n) is 3.39. The van der Waals surface area contributed by atoms with E-state index in [0.29, 0.717) is 11.3 Å². The largest absolute Gasteiger partial charge is 0.464 e. The average molecular weight is 258 g/mol. The normalized spacial score (nSPS) is 11.8. The van der Waals surface area contributed by atoms with Gasteiger partial charge in [-0.1, -0.05) is 0 Å². The molecule has 0 radical (unpaired) electrons. The molecule has 0 saturated carbocycles. The van der Waals surface area contributed by atoms with Crippen molar-refractivity contribution in [3.8, 4) is 11.3 Å². The molecule has 90 valence electrons. The van der Waals surface area contributed by atoms with Crippen molar-refractivity contribution >= 4 is 11.8 Å². The van der Waals surface area contributed by atoms with Gasteiger partial charge >= 0.3 is 6.18 Å². The maximum atomic E-state index is 12.6. The van der Waals surface area contributed by atoms with E-state index in [2.05, 4.69) is 0 Å². The first-order valence-electron chi connectivity index (χ1n) is 4.81. The van der Waals surface area contributed by atoms with Crippen LogP contribution in [0.3, 0.4) is 0 Å². The van der Waals surface area contributed by atoms with E-state index < -0.39 is 11.7 Å². The number of hydrogen-bond acceptors (Lipinski definition) is 2. The molecular weight excluding hydrogens is 249 g/mol. The van der Waals surface area contributed by atoms with Gasteiger partial charge in [0.2, 0.25) is 0 Å². The first-order valence-corrected chi connectivity index (χ1v) is 6.04. The van der Waals surface area contributed by atoms with Crippen LogP contribution in [-0.4, -0.2) is 6.26 Å². The highest BCUT2D eigenvalue weighted by Crippen LogP contribution is 2.36. The molecule has 0 fully saturated rings. The SMILES string of the molecule is CSc1ccc(C(F)(F)F)cc1-c1ccco1. The average Bonchev–Trinajstić information content (AvgIpc) is 2.80. The zero-order chi connectivity index (χ0) is 12.5. The summed E-state index contributed by atoms with van der Waals surface area (Å²) in [5.41, 5.74) is -0.195. The molecule has 2 aromatic rings. The van der Waals surface area contributed by atoms with Crippen LogP contribution in [0.2, 0.25) is 0 Å². The third kappa shape index (κ3) is 2.49. The number of rotatable bonds is 2. The predicted octanol–water partition coefficient (Wildman–Crippen LogP) is 4.69. The van der Waals surface area contributed by atoms with Gasteiger partial charge in [-0.3, -0.25) is 0 Å². The van der Waals surface area contributed by atoms with Crippen LogP contribution in [0.15, 0.2) is 45.9 Å². The molecule has 1 aromatic heterocycles. The van der Waals surface area contributed by atoms with E-state index in [0.717, 1.165) is 17.0 Å². The van der Waals surface area contributed by atoms with Crippen molar-refractivity contribution in [2.24, 2.45) is 0 Å². The van der Waals surface area contributed by atoms with Crippen molar-refractivity contribution in [1.82, 2.24) is 0 Å². The molecule has 0 bridgehead atoms. The van der Waals surface area contributed by atoms with Crippen LogP contribution in [0.1, 0.15) is 5.56 Å². The van der Waals surface area contributed by atoms with E-state index in [9.17, 15) is 13.2 Å². The molecule has 5 heteroatoms. The lowest BCUT2D eigenvalue weighted by Crippen LogP contribution is -2.04. The van der Waals surface area contributed by atoms with Gasteiger partial charge in [0.05, 0.1) is 11.8 Å². The van der Waals surface area contributed by atoms with Gasteiger partial charge in [0.15, 0.2) is 0 Å². The van der Waals surface area contributed by atoms with Crippen molar-refractivity contribution in [1.29, 1.82) is 0 Å². The van der Waals surface area contributed by atoms with Gasteiger partial charge in [-0.2, -0.15) is 13.2 Å². The van der Waals surface area contributed by atoms with Gasteiger partial charge in [0, 0.05) is 10.5 Å². The molecule has 1 heterocycles. The highest BCUT2D eigenvalue weighted by atomic mass is 32.2. The van der Waals surface area contributed by atoms with Gasteiger partial charge in [-0.25, -0.2) is 0 Å². The second kappa shape index (κ2) is 4.49. The summed E-state index contributed by atoms with van der Waals surface area (Å²) in [4.78, 5) is 0.757. The van der Waals surface area contributed by atoms with Crippen molar-refractivity contribution in [2.45, 2.75) is 11.1 Å². The third-order valence-electron chi connectivity index (χ3n) is 2.31. The van der Waals surface area contributed by atoms with Gasteiger partial charge in [0.25, 0.3) is 0 Å². The van der Waals surface area contributed by atoms with Gasteiger partial charge in [0.1, 0.15) is 5.76 Å². The summed E-state index contributed by atoms with van der Waals surface area (Å²) in [6.07, 6.45) is -1.08. The predicted molar refractivity (Wildman–Crippen MR) is 60.9 cm³/mol. The lowest BCUT2D eigenvalue weighted by atomic mass is 10.1. The molecule has 0 aliphatic carbocycles. The molecular formula is C12H9F3OS. The maximum Gasteiger partial charge on any atom is 0.416 e. The first-order chi connectivity index (χ1) is 8.02. The molecule has 17 heavy (non-hydrogen) atoms. The van der Waals surface area contributed by atoms with Gasteiger partial charge in [-0.15, -0.1) is 11.8 Å². The van der Waals surface area contributed by atoms with E-state index in [4.69, 9.17) is 4.42 Å². The summed E-state index contributed by atoms with van der Waals surface area (Å²) in [5.74, 6) is 0.445. The Hall–Kier alpha value is -1.36. The standard InChI is InChI=1S/C12H9F3OS/c1-17-11-5-4-8(12(13,14)15)7-9(11)10-3-2-6-16-10/h2-7H,1H3. The van der Waals surface area contributed by atoms with Crippen molar-refractivity contribution in [3.63, 3.8) is 0 Å². The monoisotopic (exact) mass is 258 g/mol. The Labute approximate surface area is 101 Å². The molecule has 0 unspecified atom stereocenters. The molecule has 0 aliphatic heterocycles. The molecule has 0 spiro atoms. The minimum absolute atomic E-state index is 0.445. The van der Waals surface area contributed by atoms with Gasteiger partial charge in [-0.05, 0) is 36.6 Å². The van der Waals surface area contributed by atoms with Gasteiger partial charge < -0.3 is 4.42 Å². The number of benzene rings is 1. The smallest absolute Gasteiger partial charge is 0.416 e. The van der Waals surface area contributed by atoms with Crippen molar-refractivity contribution < 1.29 is 17.6 Å². The van der Waals surface area contributed by atoms with Crippen molar-refractivity contribution in [2.75, 3.05) is 6.26 Å². The molecule has 1 nitrogen and oxygen atoms in total. The highest BCUT2D eigenvalue weighted by Gasteiger charge is 2.31. The lowest BCUT2D eigenvalue weighted by Gasteiger charge is -2.10. The molecule has 0 saturated heterocycles. The topological polar surface area (TPSA) is 13.1 Å². The number of thioether (sulfide) groups is 1. The van der Waals surface area contributed by atoms with E-state index in [-0.39, 0.29) is 0 Å². The Morgan fingerprint density at radius 3 is 2.47 bits per heavy atom. The molecule has 0 aliphatic rings. The fraction of sp³-hybridized carbons (Fsp3) is 0.167. The van der Waals surface area contributed by atoms with Crippen LogP contribution in [0, 0.1) is 0 Å². The number of halogens is 3. The van der Waals surface area contributed by atoms with E-state index >= 15 is 0 Å². The van der Waals surface area contributed by atoms with E-state index in [1.54, 1.807) is 12.1 Å². The summed E-state index contributed by atoms with van der Waals surface area (Å²) in [6, 6.07) is 6.96. The van der Waals surface area contributed by atoms with Crippen LogP contribution >= 0.6 is 11.8 Å². The maximum absolute atomic E-state index is 12.6. The summed E-state index contributed by atoms with van der Waals surface area (Å²) in [5, 5.41) is 0. The zero-order valence-electron chi connectivity index (χ0n) is 8.91. The molecule has 2 rings (SSSR count). The van der Waals surface area contributed by atoms with Crippen LogP contribution in [-0.2, 0) is 6.18 Å². The summed E-state index contributed by atoms with van der Waals surface area (Å²) >= 11 is 1.39. The Morgan fingerprint density at radius 1 is 1.18 bits per heavy atom. The highest BCUT2D eigenvalue weighted by molar-refractivity contribution is 7.98. The molecule has 0 amide bonds. The number of alkyl halides is 3. The Balaban J connectivity index is 2.55. The molecule has 0 atom stereocenters. The quantitative estimate of drug-likeness (QED) is 0.725. The minimum Gasteiger partial charge on any atom is -0.464 e. The lowest BCUT2D eigenvalue weighted by molar-refractivity contribution is -0.137. The fourth-order valence-corrected chi connectivity index (χ4v) is 2.09. The summed E-state index contributed by atoms with van der Waals surface area (Å²) in [6.45, 7) is 0. The van der Waals surface area contributed by atoms with Crippen LogP contribution < -0.4 is 0 Å². The minimum atomic E-state index is -4.34. The summed E-state index contributed by atoms with van der Waals surface area (Å²) < 4.78 is 43.0. The molecule has 0 N–H and O–H groups in total. The fourth-order valence-electron chi connectivity index (χ4n) is 1.51. The third-order valence-corrected chi connectivity index (χ3v) is 3.11. The number of hydrogen-bond donors (Lipinski definition) is 0. The second-order valence-corrected chi connectivity index (χ2v) is 4.24. The number of furan rings is 1. The van der Waals surface area contributed by atoms with Crippen LogP contribution in [0.25, 0.3) is 11.3 Å². The Morgan fingerprint density at radius 2 is 1.94 bits per heavy atom. The molecule has 1 aromatic carbocycles.